The van der Waals surface area contributed by atoms with Crippen LogP contribution in [0.25, 0.3) is 91.4 Å². The van der Waals surface area contributed by atoms with E-state index in [-0.39, 0.29) is 89.9 Å². The van der Waals surface area contributed by atoms with Gasteiger partial charge in [-0.15, -0.1) is 0 Å². The predicted molar refractivity (Wildman–Crippen MR) is 282 cm³/mol. The molecule has 0 aliphatic carbocycles. The second-order valence-corrected chi connectivity index (χ2v) is 20.8. The number of halogens is 20. The summed E-state index contributed by atoms with van der Waals surface area (Å²) in [7, 11) is 0. The molecule has 0 saturated carbocycles. The Kier molecular flexibility index (Phi) is 17.8. The van der Waals surface area contributed by atoms with Crippen LogP contribution in [0.15, 0.2) is 122 Å². The molecule has 88 heavy (non-hydrogen) atoms. The maximum absolute atomic E-state index is 14.4. The zero-order valence-electron chi connectivity index (χ0n) is 45.6. The van der Waals surface area contributed by atoms with Crippen LogP contribution in [-0.2, 0) is 26.2 Å². The van der Waals surface area contributed by atoms with Crippen LogP contribution < -0.4 is 18.3 Å². The summed E-state index contributed by atoms with van der Waals surface area (Å²) in [6.07, 6.45) is -21.1. The van der Waals surface area contributed by atoms with E-state index in [0.29, 0.717) is 0 Å². The van der Waals surface area contributed by atoms with Crippen LogP contribution in [0.5, 0.6) is 0 Å². The Morgan fingerprint density at radius 3 is 0.682 bits per heavy atom. The minimum atomic E-state index is -5.87. The van der Waals surface area contributed by atoms with E-state index in [0.717, 1.165) is 0 Å². The molecule has 2 aliphatic heterocycles. The van der Waals surface area contributed by atoms with Gasteiger partial charge in [-0.25, -0.2) is 9.97 Å². The van der Waals surface area contributed by atoms with E-state index < -0.39 is 126 Å². The molecule has 0 spiro atoms. The summed E-state index contributed by atoms with van der Waals surface area (Å²) in [5.74, 6) is -20.3. The number of fused-ring (bicyclic) bond motifs is 8. The maximum atomic E-state index is 14.4. The molecule has 466 valence electrons. The fraction of sp³-hybridized carbons (Fsp3) is 0.333. The molecule has 0 atom stereocenters. The molecule has 9 rings (SSSR count). The topological polar surface area (TPSA) is 72.9 Å². The number of hydrogen-bond acceptors (Lipinski definition) is 2. The van der Waals surface area contributed by atoms with Crippen molar-refractivity contribution in [2.45, 2.75) is 126 Å². The van der Waals surface area contributed by atoms with Gasteiger partial charge in [0.05, 0.1) is 67.1 Å². The number of pyridine rings is 4. The fourth-order valence-corrected chi connectivity index (χ4v) is 10.3. The van der Waals surface area contributed by atoms with Gasteiger partial charge in [-0.05, 0) is 72.8 Å². The van der Waals surface area contributed by atoms with Crippen LogP contribution in [0.1, 0.15) is 74.1 Å². The standard InChI is InChI=1S/C60H49F20N8/c61-53(62,57(69,70)71)25-9-33-85-29-5-1-13-45(85)49-37-17-19-39(81-37)50(46-14-2-6-30-86(46)34-10-26-54(63,64)58(72,73)74)41-21-23-43(83-41)52(48-16-4-8-32-88(48)36-12-28-56(67,68)60(78,79)80)44-24-22-42(84-44)51(40-20-18-38(49)82-40)47-15-3-7-31-87(47)35-11-27-55(65,66)59(75,76)77/h1-8,13-24,29-32H,9-12,25-28,33-36H2,(H,81,82,83,84)/q+3/p+1. The quantitative estimate of drug-likeness (QED) is 0.0589. The van der Waals surface area contributed by atoms with Crippen molar-refractivity contribution in [1.29, 1.82) is 0 Å². The molecule has 7 aromatic heterocycles. The van der Waals surface area contributed by atoms with E-state index in [1.165, 1.54) is 164 Å². The van der Waals surface area contributed by atoms with Crippen molar-refractivity contribution in [1.82, 2.24) is 19.9 Å². The van der Waals surface area contributed by atoms with Crippen LogP contribution >= 0.6 is 0 Å². The molecular formula is C60H50F20N8+4. The molecule has 0 unspecified atom stereocenters. The minimum Gasteiger partial charge on any atom is -0.354 e. The Morgan fingerprint density at radius 1 is 0.284 bits per heavy atom. The molecule has 2 aliphatic rings. The number of nitrogens with zero attached hydrogens (tertiary/aromatic N) is 6. The average Bonchev–Trinajstić information content (AvgIpc) is 1.79. The smallest absolute Gasteiger partial charge is 0.354 e. The summed E-state index contributed by atoms with van der Waals surface area (Å²) in [5.41, 5.74) is 2.35. The van der Waals surface area contributed by atoms with Gasteiger partial charge < -0.3 is 9.97 Å². The second-order valence-electron chi connectivity index (χ2n) is 20.8. The Hall–Kier alpha value is -8.20. The number of hydrogen-bond donors (Lipinski definition) is 2. The molecule has 9 heterocycles. The lowest BCUT2D eigenvalue weighted by Gasteiger charge is -2.18. The monoisotopic (exact) mass is 1260 g/mol. The number of rotatable bonds is 20. The molecule has 2 N–H and O–H groups in total. The van der Waals surface area contributed by atoms with Crippen molar-refractivity contribution in [3.63, 3.8) is 0 Å². The van der Waals surface area contributed by atoms with Gasteiger partial charge in [0.15, 0.2) is 24.8 Å². The number of aromatic amines is 2. The van der Waals surface area contributed by atoms with E-state index in [1.807, 2.05) is 0 Å². The highest BCUT2D eigenvalue weighted by Gasteiger charge is 2.59. The highest BCUT2D eigenvalue weighted by molar-refractivity contribution is 5.97. The second kappa shape index (κ2) is 24.4. The van der Waals surface area contributed by atoms with Crippen LogP contribution in [-0.4, -0.2) is 68.3 Å². The largest absolute Gasteiger partial charge is 0.453 e. The third-order valence-corrected chi connectivity index (χ3v) is 14.8. The van der Waals surface area contributed by atoms with Crippen molar-refractivity contribution in [2.24, 2.45) is 0 Å². The highest BCUT2D eigenvalue weighted by atomic mass is 19.4. The minimum absolute atomic E-state index is 0.0805. The van der Waals surface area contributed by atoms with Gasteiger partial charge in [-0.3, -0.25) is 0 Å². The van der Waals surface area contributed by atoms with Gasteiger partial charge in [0.2, 0.25) is 22.8 Å². The lowest BCUT2D eigenvalue weighted by atomic mass is 10.1. The van der Waals surface area contributed by atoms with Crippen LogP contribution in [0, 0.1) is 0 Å². The van der Waals surface area contributed by atoms with Crippen LogP contribution in [0.3, 0.4) is 0 Å². The van der Waals surface area contributed by atoms with Crippen molar-refractivity contribution in [3.05, 3.63) is 145 Å². The summed E-state index contributed by atoms with van der Waals surface area (Å²) in [4.78, 5) is 16.7. The van der Waals surface area contributed by atoms with Gasteiger partial charge >= 0.3 is 48.4 Å². The Morgan fingerprint density at radius 2 is 0.489 bits per heavy atom. The molecule has 0 radical (unpaired) electrons. The number of aryl methyl sites for hydroxylation is 4. The summed E-state index contributed by atoms with van der Waals surface area (Å²) in [5, 5.41) is 0. The highest BCUT2D eigenvalue weighted by Crippen LogP contribution is 2.43. The molecule has 7 aromatic rings. The van der Waals surface area contributed by atoms with Crippen molar-refractivity contribution < 1.29 is 106 Å². The number of H-pyrrole nitrogens is 2. The van der Waals surface area contributed by atoms with Crippen molar-refractivity contribution >= 4 is 46.4 Å². The van der Waals surface area contributed by atoms with Crippen LogP contribution in [0.4, 0.5) is 87.8 Å². The number of alkyl halides is 20. The van der Waals surface area contributed by atoms with E-state index in [4.69, 9.17) is 9.97 Å². The third kappa shape index (κ3) is 13.6. The first kappa shape index (κ1) is 64.3. The first-order valence-corrected chi connectivity index (χ1v) is 27.1. The first-order valence-electron chi connectivity index (χ1n) is 27.1. The lowest BCUT2D eigenvalue weighted by molar-refractivity contribution is -0.687. The van der Waals surface area contributed by atoms with Gasteiger partial charge in [-0.1, -0.05) is 0 Å². The molecule has 8 bridgehead atoms. The Labute approximate surface area is 486 Å². The van der Waals surface area contributed by atoms with Crippen molar-refractivity contribution in [3.8, 4) is 45.0 Å². The Bertz CT molecular complexity index is 3430. The van der Waals surface area contributed by atoms with Gasteiger partial charge in [0.25, 0.3) is 0 Å². The number of nitrogens with one attached hydrogen (secondary N) is 2. The van der Waals surface area contributed by atoms with Crippen LogP contribution in [0.2, 0.25) is 0 Å². The Balaban J connectivity index is 1.36. The zero-order valence-corrected chi connectivity index (χ0v) is 45.6. The first-order chi connectivity index (χ1) is 41.2. The number of aromatic nitrogens is 8. The van der Waals surface area contributed by atoms with E-state index >= 15 is 0 Å². The molecule has 0 amide bonds. The van der Waals surface area contributed by atoms with Crippen molar-refractivity contribution in [2.75, 3.05) is 0 Å². The third-order valence-electron chi connectivity index (χ3n) is 14.8. The summed E-state index contributed by atoms with van der Waals surface area (Å²) in [6.45, 7) is -1.72. The SMILES string of the molecule is FC(F)(F)C(F)(F)CCC[n+]1ccccc1-c1c2nc(c(-c3cccc[n+]3CCCC(F)(F)C(F)(F)F)c3ccc([nH]3)c(-c3cccc[n+]3CCCC(F)(F)C(F)(F)F)c3nc(c(-c4cccc[n+]4CCCC(F)(F)C(F)(F)F)c4ccc1[nH]4)C=C3)C=C2. The summed E-state index contributed by atoms with van der Waals surface area (Å²) in [6, 6.07) is 24.3. The molecule has 28 heteroatoms. The molecular weight excluding hydrogens is 1210 g/mol. The van der Waals surface area contributed by atoms with E-state index in [1.54, 1.807) is 0 Å². The molecule has 0 aromatic carbocycles. The van der Waals surface area contributed by atoms with E-state index in [9.17, 15) is 87.8 Å². The van der Waals surface area contributed by atoms with E-state index in [2.05, 4.69) is 9.97 Å². The maximum Gasteiger partial charge on any atom is 0.453 e. The molecule has 0 fully saturated rings. The fourth-order valence-electron chi connectivity index (χ4n) is 10.3. The molecule has 0 saturated heterocycles. The predicted octanol–water partition coefficient (Wildman–Crippen LogP) is 16.4. The van der Waals surface area contributed by atoms with Gasteiger partial charge in [0.1, 0.15) is 26.2 Å². The lowest BCUT2D eigenvalue weighted by Crippen LogP contribution is -2.40. The van der Waals surface area contributed by atoms with Gasteiger partial charge in [0, 0.05) is 99.9 Å². The normalized spacial score (nSPS) is 13.7. The summed E-state index contributed by atoms with van der Waals surface area (Å²) < 4.78 is 281. The van der Waals surface area contributed by atoms with Gasteiger partial charge in [-0.2, -0.15) is 106 Å². The molecule has 8 nitrogen and oxygen atoms in total. The zero-order chi connectivity index (χ0) is 63.8. The summed E-state index contributed by atoms with van der Waals surface area (Å²) >= 11 is 0. The average molecular weight is 1260 g/mol.